The zero-order valence-corrected chi connectivity index (χ0v) is 9.90. The first-order valence-corrected chi connectivity index (χ1v) is 5.06. The Labute approximate surface area is 94.4 Å². The number of ketones is 1. The summed E-state index contributed by atoms with van der Waals surface area (Å²) in [5.74, 6) is -2.45. The fourth-order valence-corrected chi connectivity index (χ4v) is 1.00. The lowest BCUT2D eigenvalue weighted by molar-refractivity contribution is -0.139. The fourth-order valence-electron chi connectivity index (χ4n) is 1.00. The van der Waals surface area contributed by atoms with Crippen LogP contribution in [0.4, 0.5) is 0 Å². The van der Waals surface area contributed by atoms with Crippen LogP contribution in [-0.4, -0.2) is 28.8 Å². The quantitative estimate of drug-likeness (QED) is 0.452. The van der Waals surface area contributed by atoms with Gasteiger partial charge in [-0.15, -0.1) is 0 Å². The predicted octanol–water partition coefficient (Wildman–Crippen LogP) is -0.142. The van der Waals surface area contributed by atoms with Crippen molar-refractivity contribution in [3.8, 4) is 0 Å². The number of Topliss-reactive ketones (excluding diaryl/α,β-unsaturated/α-hetero) is 1. The Bertz CT molecular complexity index is 291. The van der Waals surface area contributed by atoms with E-state index in [1.807, 2.05) is 0 Å². The molecule has 0 aromatic carbocycles. The standard InChI is InChI=1S/C10H18N2O4/c1-5(6(2)10(15)12-16)9(14)11-7(3)8(4)13/h5-7,16H,1-4H3,(H,11,14)(H,12,15). The zero-order valence-electron chi connectivity index (χ0n) is 9.90. The monoisotopic (exact) mass is 230 g/mol. The predicted molar refractivity (Wildman–Crippen MR) is 56.5 cm³/mol. The van der Waals surface area contributed by atoms with Crippen LogP contribution in [0, 0.1) is 11.8 Å². The first kappa shape index (κ1) is 14.6. The van der Waals surface area contributed by atoms with Gasteiger partial charge in [0.15, 0.2) is 5.78 Å². The molecule has 3 N–H and O–H groups in total. The summed E-state index contributed by atoms with van der Waals surface area (Å²) in [5, 5.41) is 10.9. The van der Waals surface area contributed by atoms with E-state index in [-0.39, 0.29) is 11.7 Å². The maximum Gasteiger partial charge on any atom is 0.246 e. The molecule has 0 aliphatic carbocycles. The summed E-state index contributed by atoms with van der Waals surface area (Å²) in [6.07, 6.45) is 0. The van der Waals surface area contributed by atoms with Gasteiger partial charge in [0.05, 0.1) is 6.04 Å². The SMILES string of the molecule is CC(=O)C(C)NC(=O)C(C)C(C)C(=O)NO. The van der Waals surface area contributed by atoms with Gasteiger partial charge in [0.25, 0.3) is 0 Å². The molecule has 0 aliphatic rings. The van der Waals surface area contributed by atoms with E-state index in [1.165, 1.54) is 19.3 Å². The molecule has 92 valence electrons. The summed E-state index contributed by atoms with van der Waals surface area (Å²) < 4.78 is 0. The van der Waals surface area contributed by atoms with Crippen molar-refractivity contribution in [2.24, 2.45) is 11.8 Å². The fraction of sp³-hybridized carbons (Fsp3) is 0.700. The molecule has 0 saturated carbocycles. The van der Waals surface area contributed by atoms with Crippen molar-refractivity contribution in [2.75, 3.05) is 0 Å². The van der Waals surface area contributed by atoms with Gasteiger partial charge in [0.1, 0.15) is 0 Å². The van der Waals surface area contributed by atoms with Crippen LogP contribution in [0.1, 0.15) is 27.7 Å². The minimum atomic E-state index is -0.663. The van der Waals surface area contributed by atoms with Crippen molar-refractivity contribution in [1.29, 1.82) is 0 Å². The number of nitrogens with one attached hydrogen (secondary N) is 2. The van der Waals surface area contributed by atoms with E-state index in [0.29, 0.717) is 0 Å². The molecule has 0 radical (unpaired) electrons. The molecule has 0 spiro atoms. The molecule has 0 aliphatic heterocycles. The minimum absolute atomic E-state index is 0.153. The van der Waals surface area contributed by atoms with Crippen LogP contribution in [-0.2, 0) is 14.4 Å². The second kappa shape index (κ2) is 6.22. The van der Waals surface area contributed by atoms with Gasteiger partial charge in [0, 0.05) is 11.8 Å². The molecule has 0 aromatic heterocycles. The highest BCUT2D eigenvalue weighted by atomic mass is 16.5. The Hall–Kier alpha value is -1.43. The second-order valence-corrected chi connectivity index (χ2v) is 3.89. The lowest BCUT2D eigenvalue weighted by Crippen LogP contribution is -2.44. The van der Waals surface area contributed by atoms with E-state index in [1.54, 1.807) is 13.8 Å². The molecule has 6 heteroatoms. The smallest absolute Gasteiger partial charge is 0.246 e. The van der Waals surface area contributed by atoms with Crippen molar-refractivity contribution in [1.82, 2.24) is 10.8 Å². The topological polar surface area (TPSA) is 95.5 Å². The Morgan fingerprint density at radius 2 is 1.44 bits per heavy atom. The van der Waals surface area contributed by atoms with Crippen LogP contribution in [0.5, 0.6) is 0 Å². The van der Waals surface area contributed by atoms with Crippen molar-refractivity contribution >= 4 is 17.6 Å². The average Bonchev–Trinajstić information content (AvgIpc) is 2.25. The Kier molecular flexibility index (Phi) is 5.66. The van der Waals surface area contributed by atoms with Gasteiger partial charge in [-0.2, -0.15) is 0 Å². The number of hydroxylamine groups is 1. The molecule has 16 heavy (non-hydrogen) atoms. The summed E-state index contributed by atoms with van der Waals surface area (Å²) in [6, 6.07) is -0.570. The molecule has 0 bridgehead atoms. The third-order valence-electron chi connectivity index (χ3n) is 2.66. The van der Waals surface area contributed by atoms with Gasteiger partial charge in [-0.05, 0) is 13.8 Å². The molecular formula is C10H18N2O4. The first-order chi connectivity index (χ1) is 7.31. The van der Waals surface area contributed by atoms with Crippen molar-refractivity contribution in [3.63, 3.8) is 0 Å². The molecule has 0 fully saturated rings. The highest BCUT2D eigenvalue weighted by Crippen LogP contribution is 2.11. The van der Waals surface area contributed by atoms with E-state index < -0.39 is 23.8 Å². The van der Waals surface area contributed by atoms with Gasteiger partial charge >= 0.3 is 0 Å². The van der Waals surface area contributed by atoms with Crippen molar-refractivity contribution < 1.29 is 19.6 Å². The summed E-state index contributed by atoms with van der Waals surface area (Å²) in [5.41, 5.74) is 1.49. The van der Waals surface area contributed by atoms with Crippen LogP contribution in [0.15, 0.2) is 0 Å². The van der Waals surface area contributed by atoms with Crippen LogP contribution in [0.2, 0.25) is 0 Å². The number of hydrogen-bond acceptors (Lipinski definition) is 4. The lowest BCUT2D eigenvalue weighted by atomic mass is 9.94. The molecule has 0 aromatic rings. The first-order valence-electron chi connectivity index (χ1n) is 5.06. The molecule has 2 amide bonds. The van der Waals surface area contributed by atoms with Crippen LogP contribution < -0.4 is 10.8 Å². The van der Waals surface area contributed by atoms with E-state index in [4.69, 9.17) is 5.21 Å². The van der Waals surface area contributed by atoms with Crippen LogP contribution in [0.25, 0.3) is 0 Å². The maximum atomic E-state index is 11.6. The Balaban J connectivity index is 4.39. The van der Waals surface area contributed by atoms with Gasteiger partial charge in [0.2, 0.25) is 11.8 Å². The molecule has 0 heterocycles. The number of carbonyl (C=O) groups is 3. The number of amides is 2. The molecule has 0 rings (SSSR count). The Morgan fingerprint density at radius 1 is 1.00 bits per heavy atom. The van der Waals surface area contributed by atoms with Gasteiger partial charge in [-0.3, -0.25) is 19.6 Å². The molecule has 6 nitrogen and oxygen atoms in total. The van der Waals surface area contributed by atoms with Gasteiger partial charge in [-0.1, -0.05) is 13.8 Å². The number of carbonyl (C=O) groups excluding carboxylic acids is 3. The highest BCUT2D eigenvalue weighted by molar-refractivity contribution is 5.90. The van der Waals surface area contributed by atoms with E-state index >= 15 is 0 Å². The second-order valence-electron chi connectivity index (χ2n) is 3.89. The number of rotatable bonds is 5. The van der Waals surface area contributed by atoms with E-state index in [9.17, 15) is 14.4 Å². The number of hydrogen-bond donors (Lipinski definition) is 3. The average molecular weight is 230 g/mol. The minimum Gasteiger partial charge on any atom is -0.346 e. The van der Waals surface area contributed by atoms with Crippen LogP contribution >= 0.6 is 0 Å². The van der Waals surface area contributed by atoms with Gasteiger partial charge < -0.3 is 5.32 Å². The summed E-state index contributed by atoms with van der Waals surface area (Å²) in [4.78, 5) is 33.6. The maximum absolute atomic E-state index is 11.6. The summed E-state index contributed by atoms with van der Waals surface area (Å²) in [7, 11) is 0. The molecule has 0 saturated heterocycles. The summed E-state index contributed by atoms with van der Waals surface area (Å²) in [6.45, 7) is 6.03. The third kappa shape index (κ3) is 3.98. The molecule has 3 atom stereocenters. The van der Waals surface area contributed by atoms with Crippen molar-refractivity contribution in [2.45, 2.75) is 33.7 Å². The highest BCUT2D eigenvalue weighted by Gasteiger charge is 2.27. The zero-order chi connectivity index (χ0) is 12.9. The normalized spacial score (nSPS) is 15.8. The van der Waals surface area contributed by atoms with E-state index in [2.05, 4.69) is 5.32 Å². The van der Waals surface area contributed by atoms with E-state index in [0.717, 1.165) is 0 Å². The summed E-state index contributed by atoms with van der Waals surface area (Å²) >= 11 is 0. The van der Waals surface area contributed by atoms with Crippen LogP contribution in [0.3, 0.4) is 0 Å². The largest absolute Gasteiger partial charge is 0.346 e. The van der Waals surface area contributed by atoms with Gasteiger partial charge in [-0.25, -0.2) is 5.48 Å². The lowest BCUT2D eigenvalue weighted by Gasteiger charge is -2.19. The van der Waals surface area contributed by atoms with Crippen molar-refractivity contribution in [3.05, 3.63) is 0 Å². The Morgan fingerprint density at radius 3 is 1.81 bits per heavy atom. The third-order valence-corrected chi connectivity index (χ3v) is 2.66. The molecule has 3 unspecified atom stereocenters. The molecular weight excluding hydrogens is 212 g/mol.